The number of benzene rings is 1. The molecule has 100 valence electrons. The molecule has 6 nitrogen and oxygen atoms in total. The van der Waals surface area contributed by atoms with Gasteiger partial charge in [-0.1, -0.05) is 34.1 Å². The quantitative estimate of drug-likeness (QED) is 0.365. The van der Waals surface area contributed by atoms with Crippen molar-refractivity contribution in [3.63, 3.8) is 0 Å². The minimum Gasteiger partial charge on any atom is -0.300 e. The summed E-state index contributed by atoms with van der Waals surface area (Å²) in [6, 6.07) is 8.20. The lowest BCUT2D eigenvalue weighted by Gasteiger charge is -2.31. The van der Waals surface area contributed by atoms with Crippen molar-refractivity contribution in [2.24, 2.45) is 0 Å². The van der Waals surface area contributed by atoms with Crippen molar-refractivity contribution in [2.75, 3.05) is 17.4 Å². The van der Waals surface area contributed by atoms with E-state index in [1.165, 1.54) is 0 Å². The van der Waals surface area contributed by atoms with Gasteiger partial charge in [-0.05, 0) is 12.1 Å². The molecule has 0 aliphatic carbocycles. The van der Waals surface area contributed by atoms with Crippen LogP contribution in [-0.2, 0) is 4.79 Å². The molecule has 0 N–H and O–H groups in total. The summed E-state index contributed by atoms with van der Waals surface area (Å²) in [4.78, 5) is 22.0. The third kappa shape index (κ3) is 2.21. The van der Waals surface area contributed by atoms with E-state index in [0.29, 0.717) is 17.3 Å². The summed E-state index contributed by atoms with van der Waals surface area (Å²) >= 11 is 3.24. The first-order valence-corrected chi connectivity index (χ1v) is 6.70. The van der Waals surface area contributed by atoms with Gasteiger partial charge >= 0.3 is 0 Å². The van der Waals surface area contributed by atoms with Crippen molar-refractivity contribution in [3.05, 3.63) is 51.8 Å². The van der Waals surface area contributed by atoms with E-state index in [-0.39, 0.29) is 5.70 Å². The van der Waals surface area contributed by atoms with Crippen molar-refractivity contribution in [1.29, 1.82) is 0 Å². The molecule has 0 bridgehead atoms. The second kappa shape index (κ2) is 5.40. The molecule has 1 aliphatic rings. The topological polar surface area (TPSA) is 66.7 Å². The number of hydrogen-bond donors (Lipinski definition) is 0. The summed E-state index contributed by atoms with van der Waals surface area (Å²) in [5.74, 6) is 0. The lowest BCUT2D eigenvalue weighted by atomic mass is 10.2. The molecule has 0 saturated heterocycles. The van der Waals surface area contributed by atoms with Crippen LogP contribution in [0.25, 0.3) is 0 Å². The van der Waals surface area contributed by atoms with Crippen LogP contribution in [0.15, 0.2) is 41.7 Å². The largest absolute Gasteiger partial charge is 0.300 e. The zero-order valence-corrected chi connectivity index (χ0v) is 11.8. The van der Waals surface area contributed by atoms with Gasteiger partial charge in [0.2, 0.25) is 0 Å². The van der Waals surface area contributed by atoms with E-state index in [4.69, 9.17) is 0 Å². The summed E-state index contributed by atoms with van der Waals surface area (Å²) in [6.45, 7) is 0. The molecule has 1 unspecified atom stereocenters. The number of alkyl halides is 1. The molecule has 1 atom stereocenters. The number of halogens is 1. The molecular weight excluding hydrogens is 314 g/mol. The highest BCUT2D eigenvalue weighted by molar-refractivity contribution is 9.09. The van der Waals surface area contributed by atoms with Gasteiger partial charge in [-0.15, -0.1) is 0 Å². The molecule has 0 radical (unpaired) electrons. The van der Waals surface area contributed by atoms with Crippen LogP contribution >= 0.6 is 15.9 Å². The summed E-state index contributed by atoms with van der Waals surface area (Å²) in [5, 5.41) is 14.7. The Morgan fingerprint density at radius 2 is 2.05 bits per heavy atom. The average molecular weight is 326 g/mol. The first kappa shape index (κ1) is 13.5. The summed E-state index contributed by atoms with van der Waals surface area (Å²) in [7, 11) is 1.70. The van der Waals surface area contributed by atoms with Crippen molar-refractivity contribution >= 4 is 27.9 Å². The third-order valence-corrected chi connectivity index (χ3v) is 3.56. The number of hydrogen-bond acceptors (Lipinski definition) is 5. The highest BCUT2D eigenvalue weighted by Gasteiger charge is 2.44. The Balaban J connectivity index is 2.50. The molecule has 1 aromatic carbocycles. The Morgan fingerprint density at radius 3 is 2.53 bits per heavy atom. The minimum atomic E-state index is -0.907. The van der Waals surface area contributed by atoms with Gasteiger partial charge in [0.25, 0.3) is 5.70 Å². The van der Waals surface area contributed by atoms with E-state index >= 15 is 0 Å². The standard InChI is InChI=1S/C12H12BrN3O3/c1-14-10(7-13)12(16(18)19)11(8-17)15(14)9-5-3-2-4-6-9/h2-6,8,11H,7H2,1H3. The Hall–Kier alpha value is -1.89. The fourth-order valence-corrected chi connectivity index (χ4v) is 2.82. The van der Waals surface area contributed by atoms with Crippen LogP contribution in [0.3, 0.4) is 0 Å². The van der Waals surface area contributed by atoms with Crippen molar-refractivity contribution in [3.8, 4) is 0 Å². The second-order valence-electron chi connectivity index (χ2n) is 4.01. The smallest absolute Gasteiger partial charge is 0.299 e. The van der Waals surface area contributed by atoms with E-state index in [1.807, 2.05) is 30.3 Å². The molecule has 1 aliphatic heterocycles. The zero-order chi connectivity index (χ0) is 14.0. The molecule has 7 heteroatoms. The van der Waals surface area contributed by atoms with Gasteiger partial charge in [0.1, 0.15) is 5.70 Å². The highest BCUT2D eigenvalue weighted by Crippen LogP contribution is 2.32. The highest BCUT2D eigenvalue weighted by atomic mass is 79.9. The molecule has 2 rings (SSSR count). The SMILES string of the molecule is CN1C(CBr)=C([N+](=O)[O-])C(C=O)N1c1ccccc1. The maximum absolute atomic E-state index is 11.3. The maximum atomic E-state index is 11.3. The van der Waals surface area contributed by atoms with Gasteiger partial charge in [0.05, 0.1) is 15.9 Å². The van der Waals surface area contributed by atoms with Crippen LogP contribution in [0.2, 0.25) is 0 Å². The van der Waals surface area contributed by atoms with Crippen LogP contribution < -0.4 is 5.01 Å². The normalized spacial score (nSPS) is 18.9. The first-order chi connectivity index (χ1) is 9.11. The van der Waals surface area contributed by atoms with Gasteiger partial charge in [-0.25, -0.2) is 0 Å². The number of nitro groups is 1. The Morgan fingerprint density at radius 1 is 1.42 bits per heavy atom. The third-order valence-electron chi connectivity index (χ3n) is 3.03. The number of nitrogens with zero attached hydrogens (tertiary/aromatic N) is 3. The summed E-state index contributed by atoms with van der Waals surface area (Å²) in [6.07, 6.45) is 0.595. The van der Waals surface area contributed by atoms with Gasteiger partial charge < -0.3 is 4.79 Å². The summed E-state index contributed by atoms with van der Waals surface area (Å²) < 4.78 is 0. The molecule has 0 aromatic heterocycles. The molecule has 0 amide bonds. The van der Waals surface area contributed by atoms with Crippen molar-refractivity contribution in [1.82, 2.24) is 5.01 Å². The number of hydrazine groups is 1. The molecular formula is C12H12BrN3O3. The summed E-state index contributed by atoms with van der Waals surface area (Å²) in [5.41, 5.74) is 1.13. The van der Waals surface area contributed by atoms with Crippen molar-refractivity contribution in [2.45, 2.75) is 6.04 Å². The molecule has 0 spiro atoms. The predicted molar refractivity (Wildman–Crippen MR) is 74.4 cm³/mol. The van der Waals surface area contributed by atoms with Crippen LogP contribution in [0.1, 0.15) is 0 Å². The number of carbonyl (C=O) groups is 1. The molecule has 1 heterocycles. The number of carbonyl (C=O) groups excluding carboxylic acids is 1. The number of allylic oxidation sites excluding steroid dienone is 1. The monoisotopic (exact) mass is 325 g/mol. The van der Waals surface area contributed by atoms with Gasteiger partial charge in [0, 0.05) is 7.05 Å². The Kier molecular flexibility index (Phi) is 3.84. The zero-order valence-electron chi connectivity index (χ0n) is 10.2. The van der Waals surface area contributed by atoms with E-state index in [2.05, 4.69) is 15.9 Å². The number of rotatable bonds is 4. The van der Waals surface area contributed by atoms with Crippen LogP contribution in [0, 0.1) is 10.1 Å². The predicted octanol–water partition coefficient (Wildman–Crippen LogP) is 1.80. The number of para-hydroxylation sites is 1. The first-order valence-electron chi connectivity index (χ1n) is 5.58. The Labute approximate surface area is 118 Å². The van der Waals surface area contributed by atoms with Crippen LogP contribution in [-0.4, -0.2) is 34.6 Å². The van der Waals surface area contributed by atoms with Gasteiger partial charge in [-0.3, -0.25) is 20.1 Å². The number of aldehydes is 1. The fourth-order valence-electron chi connectivity index (χ4n) is 2.17. The Bertz CT molecular complexity index is 532. The van der Waals surface area contributed by atoms with E-state index in [9.17, 15) is 14.9 Å². The lowest BCUT2D eigenvalue weighted by Crippen LogP contribution is -2.42. The van der Waals surface area contributed by atoms with Crippen molar-refractivity contribution < 1.29 is 9.72 Å². The van der Waals surface area contributed by atoms with Gasteiger partial charge in [0.15, 0.2) is 12.3 Å². The number of anilines is 1. The molecule has 19 heavy (non-hydrogen) atoms. The van der Waals surface area contributed by atoms with Gasteiger partial charge in [-0.2, -0.15) is 0 Å². The molecule has 0 fully saturated rings. The second-order valence-corrected chi connectivity index (χ2v) is 4.57. The van der Waals surface area contributed by atoms with Crippen LogP contribution in [0.4, 0.5) is 5.69 Å². The average Bonchev–Trinajstić information content (AvgIpc) is 2.71. The fraction of sp³-hybridized carbons (Fsp3) is 0.250. The van der Waals surface area contributed by atoms with E-state index in [1.54, 1.807) is 17.1 Å². The lowest BCUT2D eigenvalue weighted by molar-refractivity contribution is -0.427. The molecule has 0 saturated carbocycles. The van der Waals surface area contributed by atoms with E-state index in [0.717, 1.165) is 5.69 Å². The van der Waals surface area contributed by atoms with E-state index < -0.39 is 11.0 Å². The maximum Gasteiger partial charge on any atom is 0.299 e. The van der Waals surface area contributed by atoms with Crippen LogP contribution in [0.5, 0.6) is 0 Å². The minimum absolute atomic E-state index is 0.0850. The molecule has 1 aromatic rings.